The lowest BCUT2D eigenvalue weighted by Crippen LogP contribution is -2.16. The molecule has 0 amide bonds. The third kappa shape index (κ3) is 4.89. The van der Waals surface area contributed by atoms with Crippen molar-refractivity contribution in [1.29, 1.82) is 0 Å². The van der Waals surface area contributed by atoms with Gasteiger partial charge in [0, 0.05) is 38.9 Å². The lowest BCUT2D eigenvalue weighted by atomic mass is 10.3. The SMILES string of the molecule is COCCCCNCc1cnccn1. The summed E-state index contributed by atoms with van der Waals surface area (Å²) in [5, 5.41) is 3.30. The second kappa shape index (κ2) is 7.41. The highest BCUT2D eigenvalue weighted by atomic mass is 16.5. The zero-order chi connectivity index (χ0) is 10.1. The summed E-state index contributed by atoms with van der Waals surface area (Å²) in [6, 6.07) is 0. The molecule has 0 spiro atoms. The maximum Gasteiger partial charge on any atom is 0.0724 e. The Bertz CT molecular complexity index is 228. The summed E-state index contributed by atoms with van der Waals surface area (Å²) in [5.41, 5.74) is 0.985. The van der Waals surface area contributed by atoms with Crippen molar-refractivity contribution >= 4 is 0 Å². The van der Waals surface area contributed by atoms with Gasteiger partial charge in [0.05, 0.1) is 5.69 Å². The van der Waals surface area contributed by atoms with E-state index in [1.54, 1.807) is 25.7 Å². The minimum Gasteiger partial charge on any atom is -0.385 e. The maximum atomic E-state index is 4.96. The van der Waals surface area contributed by atoms with Crippen LogP contribution in [-0.4, -0.2) is 30.2 Å². The first-order valence-corrected chi connectivity index (χ1v) is 4.88. The van der Waals surface area contributed by atoms with Crippen LogP contribution in [0.5, 0.6) is 0 Å². The minimum absolute atomic E-state index is 0.792. The molecule has 4 nitrogen and oxygen atoms in total. The van der Waals surface area contributed by atoms with E-state index in [-0.39, 0.29) is 0 Å². The average molecular weight is 195 g/mol. The number of ether oxygens (including phenoxy) is 1. The van der Waals surface area contributed by atoms with E-state index < -0.39 is 0 Å². The van der Waals surface area contributed by atoms with Gasteiger partial charge in [-0.1, -0.05) is 0 Å². The van der Waals surface area contributed by atoms with Crippen molar-refractivity contribution in [2.45, 2.75) is 19.4 Å². The Balaban J connectivity index is 1.99. The molecule has 0 atom stereocenters. The fourth-order valence-electron chi connectivity index (χ4n) is 1.13. The summed E-state index contributed by atoms with van der Waals surface area (Å²) >= 11 is 0. The van der Waals surface area contributed by atoms with Gasteiger partial charge in [-0.3, -0.25) is 9.97 Å². The maximum absolute atomic E-state index is 4.96. The predicted octanol–water partition coefficient (Wildman–Crippen LogP) is 0.993. The van der Waals surface area contributed by atoms with Crippen LogP contribution in [0.1, 0.15) is 18.5 Å². The molecule has 1 N–H and O–H groups in total. The molecule has 0 saturated carbocycles. The Hall–Kier alpha value is -1.00. The number of nitrogens with one attached hydrogen (secondary N) is 1. The molecule has 1 heterocycles. The van der Waals surface area contributed by atoms with Crippen molar-refractivity contribution < 1.29 is 4.74 Å². The molecule has 0 bridgehead atoms. The zero-order valence-corrected chi connectivity index (χ0v) is 8.57. The molecule has 0 aliphatic rings. The smallest absolute Gasteiger partial charge is 0.0724 e. The minimum atomic E-state index is 0.792. The van der Waals surface area contributed by atoms with Gasteiger partial charge in [-0.25, -0.2) is 0 Å². The first-order valence-electron chi connectivity index (χ1n) is 4.88. The van der Waals surface area contributed by atoms with Crippen molar-refractivity contribution in [3.63, 3.8) is 0 Å². The van der Waals surface area contributed by atoms with Gasteiger partial charge >= 0.3 is 0 Å². The number of unbranched alkanes of at least 4 members (excludes halogenated alkanes) is 1. The number of aromatic nitrogens is 2. The van der Waals surface area contributed by atoms with Gasteiger partial charge in [0.25, 0.3) is 0 Å². The normalized spacial score (nSPS) is 10.4. The van der Waals surface area contributed by atoms with Crippen molar-refractivity contribution in [2.24, 2.45) is 0 Å². The van der Waals surface area contributed by atoms with E-state index in [0.29, 0.717) is 0 Å². The van der Waals surface area contributed by atoms with Gasteiger partial charge < -0.3 is 10.1 Å². The molecule has 0 aromatic carbocycles. The van der Waals surface area contributed by atoms with Crippen molar-refractivity contribution in [3.05, 3.63) is 24.3 Å². The van der Waals surface area contributed by atoms with Crippen LogP contribution in [0.3, 0.4) is 0 Å². The highest BCUT2D eigenvalue weighted by molar-refractivity contribution is 4.93. The van der Waals surface area contributed by atoms with Crippen LogP contribution in [0.15, 0.2) is 18.6 Å². The van der Waals surface area contributed by atoms with Crippen molar-refractivity contribution in [2.75, 3.05) is 20.3 Å². The first-order chi connectivity index (χ1) is 6.93. The molecular formula is C10H17N3O. The lowest BCUT2D eigenvalue weighted by Gasteiger charge is -2.03. The monoisotopic (exact) mass is 195 g/mol. The number of hydrogen-bond donors (Lipinski definition) is 1. The fraction of sp³-hybridized carbons (Fsp3) is 0.600. The Morgan fingerprint density at radius 1 is 1.36 bits per heavy atom. The Morgan fingerprint density at radius 2 is 2.29 bits per heavy atom. The average Bonchev–Trinajstić information content (AvgIpc) is 2.25. The van der Waals surface area contributed by atoms with E-state index in [9.17, 15) is 0 Å². The summed E-state index contributed by atoms with van der Waals surface area (Å²) < 4.78 is 4.96. The van der Waals surface area contributed by atoms with Crippen LogP contribution in [0, 0.1) is 0 Å². The van der Waals surface area contributed by atoms with Crippen LogP contribution >= 0.6 is 0 Å². The van der Waals surface area contributed by atoms with Crippen molar-refractivity contribution in [3.8, 4) is 0 Å². The second-order valence-electron chi connectivity index (χ2n) is 3.07. The van der Waals surface area contributed by atoms with Crippen LogP contribution in [0.2, 0.25) is 0 Å². The Morgan fingerprint density at radius 3 is 3.00 bits per heavy atom. The number of rotatable bonds is 7. The van der Waals surface area contributed by atoms with E-state index in [2.05, 4.69) is 15.3 Å². The van der Waals surface area contributed by atoms with Gasteiger partial charge in [-0.2, -0.15) is 0 Å². The van der Waals surface area contributed by atoms with E-state index in [1.165, 1.54) is 0 Å². The molecule has 4 heteroatoms. The Labute approximate surface area is 84.7 Å². The predicted molar refractivity (Wildman–Crippen MR) is 54.8 cm³/mol. The third-order valence-corrected chi connectivity index (χ3v) is 1.87. The van der Waals surface area contributed by atoms with Gasteiger partial charge in [-0.05, 0) is 19.4 Å². The molecule has 0 saturated heterocycles. The van der Waals surface area contributed by atoms with Gasteiger partial charge in [-0.15, -0.1) is 0 Å². The van der Waals surface area contributed by atoms with Crippen molar-refractivity contribution in [1.82, 2.24) is 15.3 Å². The zero-order valence-electron chi connectivity index (χ0n) is 8.57. The molecule has 1 rings (SSSR count). The lowest BCUT2D eigenvalue weighted by molar-refractivity contribution is 0.192. The molecule has 78 valence electrons. The van der Waals surface area contributed by atoms with E-state index in [0.717, 1.165) is 38.2 Å². The molecule has 0 radical (unpaired) electrons. The number of methoxy groups -OCH3 is 1. The molecule has 1 aromatic rings. The van der Waals surface area contributed by atoms with E-state index >= 15 is 0 Å². The molecule has 0 aliphatic carbocycles. The summed E-state index contributed by atoms with van der Waals surface area (Å²) in [4.78, 5) is 8.15. The van der Waals surface area contributed by atoms with Gasteiger partial charge in [0.2, 0.25) is 0 Å². The summed E-state index contributed by atoms with van der Waals surface area (Å²) in [7, 11) is 1.73. The quantitative estimate of drug-likeness (QED) is 0.659. The highest BCUT2D eigenvalue weighted by Gasteiger charge is 1.92. The second-order valence-corrected chi connectivity index (χ2v) is 3.07. The molecule has 0 unspecified atom stereocenters. The highest BCUT2D eigenvalue weighted by Crippen LogP contribution is 1.90. The van der Waals surface area contributed by atoms with E-state index in [1.807, 2.05) is 0 Å². The van der Waals surface area contributed by atoms with Gasteiger partial charge in [0.1, 0.15) is 0 Å². The number of nitrogens with zero attached hydrogens (tertiary/aromatic N) is 2. The number of hydrogen-bond acceptors (Lipinski definition) is 4. The molecule has 1 aromatic heterocycles. The van der Waals surface area contributed by atoms with Crippen LogP contribution in [0.25, 0.3) is 0 Å². The van der Waals surface area contributed by atoms with Crippen LogP contribution < -0.4 is 5.32 Å². The topological polar surface area (TPSA) is 47.0 Å². The van der Waals surface area contributed by atoms with Gasteiger partial charge in [0.15, 0.2) is 0 Å². The summed E-state index contributed by atoms with van der Waals surface area (Å²) in [6.45, 7) is 2.63. The van der Waals surface area contributed by atoms with Crippen LogP contribution in [0.4, 0.5) is 0 Å². The summed E-state index contributed by atoms with van der Waals surface area (Å²) in [6.07, 6.45) is 7.41. The largest absolute Gasteiger partial charge is 0.385 e. The molecule has 0 fully saturated rings. The first kappa shape index (κ1) is 11.1. The summed E-state index contributed by atoms with van der Waals surface area (Å²) in [5.74, 6) is 0. The Kier molecular flexibility index (Phi) is 5.86. The fourth-order valence-corrected chi connectivity index (χ4v) is 1.13. The molecular weight excluding hydrogens is 178 g/mol. The van der Waals surface area contributed by atoms with E-state index in [4.69, 9.17) is 4.74 Å². The third-order valence-electron chi connectivity index (χ3n) is 1.87. The molecule has 14 heavy (non-hydrogen) atoms. The standard InChI is InChI=1S/C10H17N3O/c1-14-7-3-2-4-11-8-10-9-12-5-6-13-10/h5-6,9,11H,2-4,7-8H2,1H3. The van der Waals surface area contributed by atoms with Crippen LogP contribution in [-0.2, 0) is 11.3 Å². The molecule has 0 aliphatic heterocycles.